The molecule has 4 rings (SSSR count). The lowest BCUT2D eigenvalue weighted by atomic mass is 10.1. The molecule has 26 heavy (non-hydrogen) atoms. The van der Waals surface area contributed by atoms with E-state index in [0.29, 0.717) is 5.65 Å². The zero-order valence-corrected chi connectivity index (χ0v) is 13.5. The van der Waals surface area contributed by atoms with Gasteiger partial charge in [0, 0.05) is 18.5 Å². The van der Waals surface area contributed by atoms with E-state index in [4.69, 9.17) is 0 Å². The van der Waals surface area contributed by atoms with E-state index in [0.717, 1.165) is 29.3 Å². The van der Waals surface area contributed by atoms with Crippen molar-refractivity contribution in [2.45, 2.75) is 0 Å². The molecule has 0 fully saturated rings. The summed E-state index contributed by atoms with van der Waals surface area (Å²) in [7, 11) is 0. The van der Waals surface area contributed by atoms with Crippen LogP contribution in [0, 0.1) is 11.6 Å². The van der Waals surface area contributed by atoms with Gasteiger partial charge in [-0.15, -0.1) is 0 Å². The van der Waals surface area contributed by atoms with E-state index < -0.39 is 17.5 Å². The summed E-state index contributed by atoms with van der Waals surface area (Å²) in [5.74, 6) is -1.96. The lowest BCUT2D eigenvalue weighted by molar-refractivity contribution is 0.102. The van der Waals surface area contributed by atoms with Crippen molar-refractivity contribution in [2.75, 3.05) is 5.32 Å². The minimum Gasteiger partial charge on any atom is -0.318 e. The van der Waals surface area contributed by atoms with Crippen LogP contribution in [0.3, 0.4) is 0 Å². The Morgan fingerprint density at radius 1 is 0.923 bits per heavy atom. The number of hydrogen-bond donors (Lipinski definition) is 1. The van der Waals surface area contributed by atoms with Gasteiger partial charge >= 0.3 is 0 Å². The number of nitrogens with one attached hydrogen (secondary N) is 1. The van der Waals surface area contributed by atoms with E-state index in [-0.39, 0.29) is 11.4 Å². The minimum atomic E-state index is -0.713. The number of rotatable bonds is 3. The molecule has 2 aromatic heterocycles. The minimum absolute atomic E-state index is 0.110. The van der Waals surface area contributed by atoms with Crippen LogP contribution in [0.1, 0.15) is 10.5 Å². The maximum atomic E-state index is 13.7. The molecule has 1 N–H and O–H groups in total. The van der Waals surface area contributed by atoms with Crippen molar-refractivity contribution in [2.24, 2.45) is 0 Å². The zero-order valence-electron chi connectivity index (χ0n) is 13.5. The van der Waals surface area contributed by atoms with Gasteiger partial charge in [0.1, 0.15) is 23.0 Å². The fraction of sp³-hybridized carbons (Fsp3) is 0. The maximum absolute atomic E-state index is 13.7. The predicted molar refractivity (Wildman–Crippen MR) is 94.9 cm³/mol. The Balaban J connectivity index is 1.65. The fourth-order valence-corrected chi connectivity index (χ4v) is 2.68. The third kappa shape index (κ3) is 3.04. The average Bonchev–Trinajstić information content (AvgIpc) is 3.09. The van der Waals surface area contributed by atoms with Crippen LogP contribution in [0.25, 0.3) is 16.8 Å². The van der Waals surface area contributed by atoms with E-state index in [1.54, 1.807) is 16.7 Å². The van der Waals surface area contributed by atoms with Crippen LogP contribution in [-0.4, -0.2) is 15.3 Å². The van der Waals surface area contributed by atoms with Gasteiger partial charge < -0.3 is 9.72 Å². The Bertz CT molecular complexity index is 1110. The van der Waals surface area contributed by atoms with Gasteiger partial charge in [-0.3, -0.25) is 4.79 Å². The van der Waals surface area contributed by atoms with Crippen molar-refractivity contribution < 1.29 is 13.6 Å². The molecule has 0 aliphatic heterocycles. The van der Waals surface area contributed by atoms with Crippen LogP contribution < -0.4 is 5.32 Å². The summed E-state index contributed by atoms with van der Waals surface area (Å²) in [4.78, 5) is 16.6. The second kappa shape index (κ2) is 6.40. The first-order valence-electron chi connectivity index (χ1n) is 7.91. The van der Waals surface area contributed by atoms with E-state index in [1.165, 1.54) is 0 Å². The molecule has 0 unspecified atom stereocenters. The Morgan fingerprint density at radius 3 is 2.54 bits per heavy atom. The lowest BCUT2D eigenvalue weighted by Gasteiger charge is -2.04. The van der Waals surface area contributed by atoms with Crippen molar-refractivity contribution in [1.82, 2.24) is 9.38 Å². The van der Waals surface area contributed by atoms with Crippen molar-refractivity contribution in [3.8, 4) is 11.1 Å². The van der Waals surface area contributed by atoms with Crippen molar-refractivity contribution in [1.29, 1.82) is 0 Å². The highest BCUT2D eigenvalue weighted by Gasteiger charge is 2.14. The summed E-state index contributed by atoms with van der Waals surface area (Å²) in [5.41, 5.74) is 2.47. The summed E-state index contributed by atoms with van der Waals surface area (Å²) in [5, 5.41) is 2.34. The number of carbonyl (C=O) groups excluding carboxylic acids is 1. The normalized spacial score (nSPS) is 10.8. The highest BCUT2D eigenvalue weighted by atomic mass is 19.1. The van der Waals surface area contributed by atoms with Gasteiger partial charge in [0.15, 0.2) is 0 Å². The number of fused-ring (bicyclic) bond motifs is 1. The second-order valence-corrected chi connectivity index (χ2v) is 5.75. The van der Waals surface area contributed by atoms with Gasteiger partial charge in [0.05, 0.1) is 5.69 Å². The van der Waals surface area contributed by atoms with E-state index in [9.17, 15) is 13.6 Å². The molecule has 0 aliphatic carbocycles. The molecule has 4 nitrogen and oxygen atoms in total. The maximum Gasteiger partial charge on any atom is 0.275 e. The number of halogens is 2. The molecular formula is C20H13F2N3O. The summed E-state index contributed by atoms with van der Waals surface area (Å²) < 4.78 is 28.6. The van der Waals surface area contributed by atoms with Crippen LogP contribution >= 0.6 is 0 Å². The van der Waals surface area contributed by atoms with Crippen molar-refractivity contribution >= 4 is 17.2 Å². The van der Waals surface area contributed by atoms with Crippen LogP contribution in [-0.2, 0) is 0 Å². The van der Waals surface area contributed by atoms with Crippen molar-refractivity contribution in [3.63, 3.8) is 0 Å². The molecule has 0 radical (unpaired) electrons. The second-order valence-electron chi connectivity index (χ2n) is 5.75. The van der Waals surface area contributed by atoms with Crippen molar-refractivity contribution in [3.05, 3.63) is 90.4 Å². The van der Waals surface area contributed by atoms with Gasteiger partial charge in [0.25, 0.3) is 5.91 Å². The first-order chi connectivity index (χ1) is 12.6. The lowest BCUT2D eigenvalue weighted by Crippen LogP contribution is -2.13. The number of aromatic nitrogens is 2. The zero-order chi connectivity index (χ0) is 18.1. The highest BCUT2D eigenvalue weighted by Crippen LogP contribution is 2.21. The van der Waals surface area contributed by atoms with Gasteiger partial charge in [-0.2, -0.15) is 0 Å². The topological polar surface area (TPSA) is 46.4 Å². The molecule has 0 aliphatic rings. The molecule has 0 atom stereocenters. The molecule has 0 saturated heterocycles. The molecule has 4 aromatic rings. The summed E-state index contributed by atoms with van der Waals surface area (Å²) in [6.07, 6.45) is 3.41. The number of anilines is 1. The molecule has 1 amide bonds. The standard InChI is InChI=1S/C20H13F2N3O/c21-15-7-8-16(22)17(10-15)24-20(26)18-12-25-11-14(6-9-19(25)23-18)13-4-2-1-3-5-13/h1-12H,(H,24,26). The van der Waals surface area contributed by atoms with Crippen LogP contribution in [0.15, 0.2) is 73.1 Å². The third-order valence-corrected chi connectivity index (χ3v) is 3.97. The van der Waals surface area contributed by atoms with E-state index in [2.05, 4.69) is 10.3 Å². The summed E-state index contributed by atoms with van der Waals surface area (Å²) >= 11 is 0. The molecule has 0 saturated carbocycles. The van der Waals surface area contributed by atoms with E-state index >= 15 is 0 Å². The Kier molecular flexibility index (Phi) is 3.93. The number of hydrogen-bond acceptors (Lipinski definition) is 2. The number of amides is 1. The fourth-order valence-electron chi connectivity index (χ4n) is 2.68. The number of imidazole rings is 1. The largest absolute Gasteiger partial charge is 0.318 e. The quantitative estimate of drug-likeness (QED) is 0.591. The number of benzene rings is 2. The average molecular weight is 349 g/mol. The molecule has 6 heteroatoms. The summed E-state index contributed by atoms with van der Waals surface area (Å²) in [6, 6.07) is 16.4. The van der Waals surface area contributed by atoms with Gasteiger partial charge in [-0.1, -0.05) is 30.3 Å². The molecule has 2 aromatic carbocycles. The molecule has 0 bridgehead atoms. The monoisotopic (exact) mass is 349 g/mol. The van der Waals surface area contributed by atoms with Gasteiger partial charge in [0.2, 0.25) is 0 Å². The van der Waals surface area contributed by atoms with E-state index in [1.807, 2.05) is 42.6 Å². The Morgan fingerprint density at radius 2 is 1.73 bits per heavy atom. The number of pyridine rings is 1. The first kappa shape index (κ1) is 16.0. The molecule has 2 heterocycles. The smallest absolute Gasteiger partial charge is 0.275 e. The number of carbonyl (C=O) groups is 1. The van der Waals surface area contributed by atoms with Gasteiger partial charge in [-0.05, 0) is 35.4 Å². The SMILES string of the molecule is O=C(Nc1cc(F)ccc1F)c1cn2cc(-c3ccccc3)ccc2n1. The van der Waals surface area contributed by atoms with Gasteiger partial charge in [-0.25, -0.2) is 13.8 Å². The molecule has 0 spiro atoms. The highest BCUT2D eigenvalue weighted by molar-refractivity contribution is 6.03. The van der Waals surface area contributed by atoms with Crippen LogP contribution in [0.4, 0.5) is 14.5 Å². The predicted octanol–water partition coefficient (Wildman–Crippen LogP) is 4.53. The first-order valence-corrected chi connectivity index (χ1v) is 7.91. The Labute approximate surface area is 147 Å². The van der Waals surface area contributed by atoms with Crippen LogP contribution in [0.5, 0.6) is 0 Å². The van der Waals surface area contributed by atoms with Crippen LogP contribution in [0.2, 0.25) is 0 Å². The number of nitrogens with zero attached hydrogens (tertiary/aromatic N) is 2. The summed E-state index contributed by atoms with van der Waals surface area (Å²) in [6.45, 7) is 0. The Hall–Kier alpha value is -3.54. The third-order valence-electron chi connectivity index (χ3n) is 3.97. The molecule has 128 valence electrons. The molecular weight excluding hydrogens is 336 g/mol.